The molecule has 3 aromatic rings. The van der Waals surface area contributed by atoms with Crippen LogP contribution in [0.4, 0.5) is 0 Å². The number of para-hydroxylation sites is 1. The highest BCUT2D eigenvalue weighted by Gasteiger charge is 2.22. The van der Waals surface area contributed by atoms with Gasteiger partial charge in [-0.1, -0.05) is 55.5 Å². The average Bonchev–Trinajstić information content (AvgIpc) is 2.86. The van der Waals surface area contributed by atoms with Gasteiger partial charge in [-0.05, 0) is 81.8 Å². The number of pyridine rings is 1. The molecule has 4 nitrogen and oxygen atoms in total. The zero-order valence-electron chi connectivity index (χ0n) is 21.9. The molecule has 35 heavy (non-hydrogen) atoms. The first kappa shape index (κ1) is 25.4. The van der Waals surface area contributed by atoms with Gasteiger partial charge in [-0.15, -0.1) is 0 Å². The molecule has 1 N–H and O–H groups in total. The number of fused-ring (bicyclic) bond motifs is 1. The van der Waals surface area contributed by atoms with Crippen LogP contribution in [0.5, 0.6) is 5.75 Å². The van der Waals surface area contributed by atoms with E-state index in [1.807, 2.05) is 19.1 Å². The normalized spacial score (nSPS) is 19.3. The molecule has 0 spiro atoms. The molecule has 4 rings (SSSR count). The predicted octanol–water partition coefficient (Wildman–Crippen LogP) is 6.49. The van der Waals surface area contributed by atoms with Gasteiger partial charge in [0, 0.05) is 30.7 Å². The van der Waals surface area contributed by atoms with Crippen molar-refractivity contribution in [2.75, 3.05) is 19.7 Å². The number of ether oxygens (including phenoxy) is 1. The van der Waals surface area contributed by atoms with Gasteiger partial charge in [-0.25, -0.2) is 0 Å². The number of nitrogens with zero attached hydrogens (tertiary/aromatic N) is 2. The minimum atomic E-state index is 0.0257. The molecule has 2 aromatic carbocycles. The molecule has 1 aliphatic heterocycles. The SMILES string of the molecule is CCOc1ccccc1-c1ccc2c(n1)CNC(C)(C)CCN(Cc1ccccc1)CCC(C)C2. The summed E-state index contributed by atoms with van der Waals surface area (Å²) in [7, 11) is 0. The van der Waals surface area contributed by atoms with E-state index in [1.54, 1.807) is 0 Å². The van der Waals surface area contributed by atoms with Crippen molar-refractivity contribution < 1.29 is 4.74 Å². The van der Waals surface area contributed by atoms with Crippen molar-refractivity contribution in [3.05, 3.63) is 83.6 Å². The molecule has 1 atom stereocenters. The Kier molecular flexibility index (Phi) is 8.59. The van der Waals surface area contributed by atoms with Gasteiger partial charge < -0.3 is 10.1 Å². The Hall–Kier alpha value is -2.69. The third-order valence-corrected chi connectivity index (χ3v) is 7.07. The van der Waals surface area contributed by atoms with Crippen LogP contribution in [0.3, 0.4) is 0 Å². The highest BCUT2D eigenvalue weighted by atomic mass is 16.5. The van der Waals surface area contributed by atoms with Gasteiger partial charge in [0.25, 0.3) is 0 Å². The van der Waals surface area contributed by atoms with E-state index in [4.69, 9.17) is 9.72 Å². The highest BCUT2D eigenvalue weighted by molar-refractivity contribution is 5.67. The van der Waals surface area contributed by atoms with Crippen molar-refractivity contribution >= 4 is 0 Å². The van der Waals surface area contributed by atoms with E-state index in [1.165, 1.54) is 17.5 Å². The summed E-state index contributed by atoms with van der Waals surface area (Å²) in [6.45, 7) is 13.7. The molecular weight excluding hydrogens is 430 g/mol. The summed E-state index contributed by atoms with van der Waals surface area (Å²) in [6.07, 6.45) is 3.34. The van der Waals surface area contributed by atoms with Crippen LogP contribution in [0.25, 0.3) is 11.3 Å². The molecule has 0 saturated heterocycles. The van der Waals surface area contributed by atoms with Crippen molar-refractivity contribution in [1.29, 1.82) is 0 Å². The summed E-state index contributed by atoms with van der Waals surface area (Å²) in [5, 5.41) is 3.83. The van der Waals surface area contributed by atoms with Crippen molar-refractivity contribution in [3.8, 4) is 17.0 Å². The zero-order valence-corrected chi connectivity index (χ0v) is 21.9. The summed E-state index contributed by atoms with van der Waals surface area (Å²) >= 11 is 0. The average molecular weight is 472 g/mol. The monoisotopic (exact) mass is 471 g/mol. The number of hydrogen-bond donors (Lipinski definition) is 1. The molecule has 1 aromatic heterocycles. The summed E-state index contributed by atoms with van der Waals surface area (Å²) in [5.41, 5.74) is 5.99. The van der Waals surface area contributed by atoms with Crippen LogP contribution >= 0.6 is 0 Å². The maximum Gasteiger partial charge on any atom is 0.128 e. The van der Waals surface area contributed by atoms with Crippen LogP contribution < -0.4 is 10.1 Å². The van der Waals surface area contributed by atoms with E-state index in [2.05, 4.69) is 85.6 Å². The molecule has 0 fully saturated rings. The van der Waals surface area contributed by atoms with E-state index in [0.717, 1.165) is 61.7 Å². The lowest BCUT2D eigenvalue weighted by Crippen LogP contribution is -2.43. The fraction of sp³-hybridized carbons (Fsp3) is 0.452. The second kappa shape index (κ2) is 11.8. The van der Waals surface area contributed by atoms with Crippen molar-refractivity contribution in [2.45, 2.75) is 65.6 Å². The smallest absolute Gasteiger partial charge is 0.128 e. The van der Waals surface area contributed by atoms with E-state index in [-0.39, 0.29) is 5.54 Å². The Labute approximate surface area is 211 Å². The minimum Gasteiger partial charge on any atom is -0.493 e. The van der Waals surface area contributed by atoms with Gasteiger partial charge in [0.05, 0.1) is 18.0 Å². The first-order chi connectivity index (χ1) is 16.9. The van der Waals surface area contributed by atoms with Crippen molar-refractivity contribution in [1.82, 2.24) is 15.2 Å². The molecule has 186 valence electrons. The molecule has 2 heterocycles. The number of aromatic nitrogens is 1. The van der Waals surface area contributed by atoms with E-state index in [0.29, 0.717) is 12.5 Å². The molecule has 0 aliphatic carbocycles. The minimum absolute atomic E-state index is 0.0257. The zero-order chi connectivity index (χ0) is 24.7. The number of rotatable bonds is 5. The maximum absolute atomic E-state index is 5.89. The van der Waals surface area contributed by atoms with Crippen LogP contribution in [0, 0.1) is 5.92 Å². The van der Waals surface area contributed by atoms with E-state index in [9.17, 15) is 0 Å². The first-order valence-electron chi connectivity index (χ1n) is 13.2. The second-order valence-corrected chi connectivity index (χ2v) is 10.6. The predicted molar refractivity (Wildman–Crippen MR) is 146 cm³/mol. The maximum atomic E-state index is 5.89. The lowest BCUT2D eigenvalue weighted by molar-refractivity contribution is 0.210. The molecule has 4 heteroatoms. The fourth-order valence-corrected chi connectivity index (χ4v) is 4.82. The van der Waals surface area contributed by atoms with E-state index >= 15 is 0 Å². The Balaban J connectivity index is 1.57. The Bertz CT molecular complexity index is 1080. The fourth-order valence-electron chi connectivity index (χ4n) is 4.82. The third-order valence-electron chi connectivity index (χ3n) is 7.07. The van der Waals surface area contributed by atoms with E-state index < -0.39 is 0 Å². The molecule has 0 bridgehead atoms. The Morgan fingerprint density at radius 2 is 1.77 bits per heavy atom. The summed E-state index contributed by atoms with van der Waals surface area (Å²) in [6, 6.07) is 23.6. The number of nitrogens with one attached hydrogen (secondary N) is 1. The third kappa shape index (κ3) is 7.16. The quantitative estimate of drug-likeness (QED) is 0.461. The highest BCUT2D eigenvalue weighted by Crippen LogP contribution is 2.30. The summed E-state index contributed by atoms with van der Waals surface area (Å²) in [4.78, 5) is 7.80. The summed E-state index contributed by atoms with van der Waals surface area (Å²) < 4.78 is 5.89. The van der Waals surface area contributed by atoms with Crippen LogP contribution in [0.2, 0.25) is 0 Å². The molecular formula is C31H41N3O. The van der Waals surface area contributed by atoms with Crippen LogP contribution in [0.15, 0.2) is 66.7 Å². The largest absolute Gasteiger partial charge is 0.493 e. The standard InChI is InChI=1S/C31H41N3O/c1-5-35-30-14-10-9-13-27(30)28-16-15-26-21-24(2)17-19-34(23-25-11-7-6-8-12-25)20-18-31(3,4)32-22-29(26)33-28/h6-16,24,32H,5,17-23H2,1-4H3. The van der Waals surface area contributed by atoms with Gasteiger partial charge in [-0.2, -0.15) is 0 Å². The van der Waals surface area contributed by atoms with Gasteiger partial charge in [0.15, 0.2) is 0 Å². The van der Waals surface area contributed by atoms with Crippen LogP contribution in [-0.4, -0.2) is 35.1 Å². The molecule has 0 radical (unpaired) electrons. The Morgan fingerprint density at radius 3 is 2.57 bits per heavy atom. The van der Waals surface area contributed by atoms with Crippen LogP contribution in [0.1, 0.15) is 57.4 Å². The summed E-state index contributed by atoms with van der Waals surface area (Å²) in [5.74, 6) is 1.50. The molecule has 0 amide bonds. The lowest BCUT2D eigenvalue weighted by atomic mass is 9.93. The van der Waals surface area contributed by atoms with Gasteiger partial charge >= 0.3 is 0 Å². The topological polar surface area (TPSA) is 37.4 Å². The molecule has 1 aliphatic rings. The van der Waals surface area contributed by atoms with Gasteiger partial charge in [0.1, 0.15) is 5.75 Å². The number of benzene rings is 2. The lowest BCUT2D eigenvalue weighted by Gasteiger charge is -2.32. The number of hydrogen-bond acceptors (Lipinski definition) is 4. The van der Waals surface area contributed by atoms with Gasteiger partial charge in [-0.3, -0.25) is 9.88 Å². The Morgan fingerprint density at radius 1 is 1.00 bits per heavy atom. The van der Waals surface area contributed by atoms with Crippen molar-refractivity contribution in [3.63, 3.8) is 0 Å². The van der Waals surface area contributed by atoms with Crippen LogP contribution in [-0.2, 0) is 19.5 Å². The van der Waals surface area contributed by atoms with Gasteiger partial charge in [0.2, 0.25) is 0 Å². The first-order valence-corrected chi connectivity index (χ1v) is 13.2. The van der Waals surface area contributed by atoms with Crippen molar-refractivity contribution in [2.24, 2.45) is 5.92 Å². The molecule has 1 unspecified atom stereocenters. The molecule has 0 saturated carbocycles. The second-order valence-electron chi connectivity index (χ2n) is 10.6.